The molecule has 0 saturated heterocycles. The van der Waals surface area contributed by atoms with E-state index in [1.165, 1.54) is 12.4 Å². The number of hydrogen-bond donors (Lipinski definition) is 1. The predicted molar refractivity (Wildman–Crippen MR) is 38.1 cm³/mol. The average molecular weight is 144 g/mol. The molecular formula is C7H4N4. The van der Waals surface area contributed by atoms with Crippen molar-refractivity contribution in [2.75, 3.05) is 5.73 Å². The van der Waals surface area contributed by atoms with Crippen LogP contribution in [0.4, 0.5) is 5.69 Å². The molecule has 0 spiro atoms. The third-order valence-corrected chi connectivity index (χ3v) is 1.23. The van der Waals surface area contributed by atoms with Crippen molar-refractivity contribution in [3.8, 4) is 12.1 Å². The minimum absolute atomic E-state index is 0.199. The lowest BCUT2D eigenvalue weighted by Crippen LogP contribution is -1.95. The number of nitriles is 2. The first kappa shape index (κ1) is 7.04. The van der Waals surface area contributed by atoms with E-state index in [9.17, 15) is 0 Å². The second-order valence-corrected chi connectivity index (χ2v) is 1.87. The molecule has 1 heterocycles. The number of nitrogen functional groups attached to an aromatic ring is 1. The van der Waals surface area contributed by atoms with Crippen molar-refractivity contribution in [2.24, 2.45) is 0 Å². The Morgan fingerprint density at radius 1 is 1.18 bits per heavy atom. The normalized spacial score (nSPS) is 8.18. The van der Waals surface area contributed by atoms with Gasteiger partial charge in [0.2, 0.25) is 0 Å². The molecule has 0 unspecified atom stereocenters. The SMILES string of the molecule is N#Cc1cncc(C#N)c1N. The summed E-state index contributed by atoms with van der Waals surface area (Å²) in [4.78, 5) is 3.66. The second-order valence-electron chi connectivity index (χ2n) is 1.87. The number of aromatic nitrogens is 1. The minimum atomic E-state index is 0.199. The summed E-state index contributed by atoms with van der Waals surface area (Å²) in [6.07, 6.45) is 2.66. The predicted octanol–water partition coefficient (Wildman–Crippen LogP) is 0.407. The fourth-order valence-electron chi connectivity index (χ4n) is 0.649. The maximum atomic E-state index is 8.46. The number of anilines is 1. The lowest BCUT2D eigenvalue weighted by molar-refractivity contribution is 1.28. The molecule has 1 aromatic rings. The van der Waals surface area contributed by atoms with Crippen LogP contribution >= 0.6 is 0 Å². The molecule has 0 radical (unpaired) electrons. The Hall–Kier alpha value is -2.07. The van der Waals surface area contributed by atoms with Gasteiger partial charge in [-0.2, -0.15) is 10.5 Å². The van der Waals surface area contributed by atoms with Crippen LogP contribution in [-0.2, 0) is 0 Å². The van der Waals surface area contributed by atoms with Crippen LogP contribution in [0.2, 0.25) is 0 Å². The third kappa shape index (κ3) is 1.10. The van der Waals surface area contributed by atoms with Crippen molar-refractivity contribution in [3.63, 3.8) is 0 Å². The molecule has 2 N–H and O–H groups in total. The molecule has 1 aromatic heterocycles. The lowest BCUT2D eigenvalue weighted by Gasteiger charge is -1.95. The summed E-state index contributed by atoms with van der Waals surface area (Å²) in [6, 6.07) is 3.66. The van der Waals surface area contributed by atoms with E-state index in [2.05, 4.69) is 4.98 Å². The molecule has 0 aliphatic rings. The Labute approximate surface area is 63.5 Å². The van der Waals surface area contributed by atoms with Crippen LogP contribution in [0.1, 0.15) is 11.1 Å². The molecule has 0 amide bonds. The van der Waals surface area contributed by atoms with Crippen molar-refractivity contribution < 1.29 is 0 Å². The van der Waals surface area contributed by atoms with Gasteiger partial charge in [0.15, 0.2) is 0 Å². The van der Waals surface area contributed by atoms with E-state index in [1.807, 2.05) is 12.1 Å². The van der Waals surface area contributed by atoms with Crippen LogP contribution in [0.15, 0.2) is 12.4 Å². The van der Waals surface area contributed by atoms with E-state index in [4.69, 9.17) is 16.3 Å². The molecule has 4 nitrogen and oxygen atoms in total. The average Bonchev–Trinajstić information content (AvgIpc) is 2.05. The van der Waals surface area contributed by atoms with E-state index in [-0.39, 0.29) is 16.8 Å². The minimum Gasteiger partial charge on any atom is -0.396 e. The smallest absolute Gasteiger partial charge is 0.103 e. The van der Waals surface area contributed by atoms with Gasteiger partial charge in [0.1, 0.15) is 12.1 Å². The van der Waals surface area contributed by atoms with Gasteiger partial charge in [-0.25, -0.2) is 0 Å². The number of nitrogens with zero attached hydrogens (tertiary/aromatic N) is 3. The van der Waals surface area contributed by atoms with E-state index < -0.39 is 0 Å². The molecule has 0 fully saturated rings. The summed E-state index contributed by atoms with van der Waals surface area (Å²) in [6.45, 7) is 0. The van der Waals surface area contributed by atoms with Gasteiger partial charge in [-0.15, -0.1) is 0 Å². The van der Waals surface area contributed by atoms with Gasteiger partial charge in [-0.1, -0.05) is 0 Å². The molecule has 11 heavy (non-hydrogen) atoms. The van der Waals surface area contributed by atoms with Gasteiger partial charge in [-0.05, 0) is 0 Å². The van der Waals surface area contributed by atoms with Crippen molar-refractivity contribution in [2.45, 2.75) is 0 Å². The molecule has 52 valence electrons. The summed E-state index contributed by atoms with van der Waals surface area (Å²) in [5, 5.41) is 16.9. The summed E-state index contributed by atoms with van der Waals surface area (Å²) in [5.74, 6) is 0. The number of hydrogen-bond acceptors (Lipinski definition) is 4. The Morgan fingerprint density at radius 3 is 2.00 bits per heavy atom. The van der Waals surface area contributed by atoms with E-state index in [0.717, 1.165) is 0 Å². The molecular weight excluding hydrogens is 140 g/mol. The maximum absolute atomic E-state index is 8.46. The summed E-state index contributed by atoms with van der Waals surface area (Å²) >= 11 is 0. The van der Waals surface area contributed by atoms with Crippen LogP contribution in [0.25, 0.3) is 0 Å². The molecule has 0 aromatic carbocycles. The van der Waals surface area contributed by atoms with E-state index in [1.54, 1.807) is 0 Å². The summed E-state index contributed by atoms with van der Waals surface area (Å²) < 4.78 is 0. The highest BCUT2D eigenvalue weighted by Crippen LogP contribution is 2.12. The molecule has 0 aliphatic carbocycles. The fraction of sp³-hybridized carbons (Fsp3) is 0. The van der Waals surface area contributed by atoms with Gasteiger partial charge < -0.3 is 5.73 Å². The third-order valence-electron chi connectivity index (χ3n) is 1.23. The first-order valence-corrected chi connectivity index (χ1v) is 2.83. The highest BCUT2D eigenvalue weighted by molar-refractivity contribution is 5.61. The number of nitrogens with two attached hydrogens (primary N) is 1. The first-order valence-electron chi connectivity index (χ1n) is 2.83. The zero-order valence-corrected chi connectivity index (χ0v) is 5.57. The Balaban J connectivity index is 3.38. The van der Waals surface area contributed by atoms with Crippen LogP contribution < -0.4 is 5.73 Å². The van der Waals surface area contributed by atoms with Gasteiger partial charge in [0.05, 0.1) is 16.8 Å². The Bertz CT molecular complexity index is 323. The van der Waals surface area contributed by atoms with E-state index >= 15 is 0 Å². The zero-order valence-electron chi connectivity index (χ0n) is 5.57. The quantitative estimate of drug-likeness (QED) is 0.571. The molecule has 0 bridgehead atoms. The lowest BCUT2D eigenvalue weighted by atomic mass is 10.2. The summed E-state index contributed by atoms with van der Waals surface area (Å²) in [7, 11) is 0. The van der Waals surface area contributed by atoms with Gasteiger partial charge >= 0.3 is 0 Å². The second kappa shape index (κ2) is 2.68. The molecule has 1 rings (SSSR count). The van der Waals surface area contributed by atoms with Crippen LogP contribution in [0.3, 0.4) is 0 Å². The topological polar surface area (TPSA) is 86.5 Å². The molecule has 0 saturated carbocycles. The van der Waals surface area contributed by atoms with Crippen LogP contribution in [-0.4, -0.2) is 4.98 Å². The van der Waals surface area contributed by atoms with Gasteiger partial charge in [0.25, 0.3) is 0 Å². The van der Waals surface area contributed by atoms with Crippen molar-refractivity contribution in [1.82, 2.24) is 4.98 Å². The molecule has 0 aliphatic heterocycles. The first-order chi connectivity index (χ1) is 5.29. The Kier molecular flexibility index (Phi) is 1.71. The molecule has 0 atom stereocenters. The van der Waals surface area contributed by atoms with Gasteiger partial charge in [-0.3, -0.25) is 4.98 Å². The van der Waals surface area contributed by atoms with Crippen molar-refractivity contribution >= 4 is 5.69 Å². The number of rotatable bonds is 0. The highest BCUT2D eigenvalue weighted by atomic mass is 14.7. The van der Waals surface area contributed by atoms with E-state index in [0.29, 0.717) is 0 Å². The van der Waals surface area contributed by atoms with Crippen LogP contribution in [0.5, 0.6) is 0 Å². The van der Waals surface area contributed by atoms with Crippen LogP contribution in [0, 0.1) is 22.7 Å². The largest absolute Gasteiger partial charge is 0.396 e. The Morgan fingerprint density at radius 2 is 1.64 bits per heavy atom. The number of pyridine rings is 1. The monoisotopic (exact) mass is 144 g/mol. The standard InChI is InChI=1S/C7H4N4/c8-1-5-3-11-4-6(2-9)7(5)10/h3-4H,(H2,10,11). The highest BCUT2D eigenvalue weighted by Gasteiger charge is 2.02. The van der Waals surface area contributed by atoms with Crippen molar-refractivity contribution in [3.05, 3.63) is 23.5 Å². The fourth-order valence-corrected chi connectivity index (χ4v) is 0.649. The summed E-state index contributed by atoms with van der Waals surface area (Å²) in [5.41, 5.74) is 6.10. The maximum Gasteiger partial charge on any atom is 0.103 e. The molecule has 4 heteroatoms. The van der Waals surface area contributed by atoms with Crippen molar-refractivity contribution in [1.29, 1.82) is 10.5 Å². The zero-order chi connectivity index (χ0) is 8.27. The van der Waals surface area contributed by atoms with Gasteiger partial charge in [0, 0.05) is 12.4 Å².